The molecule has 0 unspecified atom stereocenters. The van der Waals surface area contributed by atoms with E-state index in [1.54, 1.807) is 36.5 Å². The predicted octanol–water partition coefficient (Wildman–Crippen LogP) is 2.90. The summed E-state index contributed by atoms with van der Waals surface area (Å²) < 4.78 is 10.8. The van der Waals surface area contributed by atoms with E-state index in [2.05, 4.69) is 10.3 Å². The number of hydrogen-bond acceptors (Lipinski definition) is 7. The Balaban J connectivity index is 1.39. The predicted molar refractivity (Wildman–Crippen MR) is 113 cm³/mol. The Morgan fingerprint density at radius 1 is 1.00 bits per heavy atom. The maximum absolute atomic E-state index is 12.5. The molecule has 3 aromatic rings. The number of rotatable bonds is 6. The van der Waals surface area contributed by atoms with Crippen LogP contribution in [0.5, 0.6) is 11.5 Å². The van der Waals surface area contributed by atoms with E-state index < -0.39 is 30.3 Å². The summed E-state index contributed by atoms with van der Waals surface area (Å²) in [6.07, 6.45) is 3.10. The van der Waals surface area contributed by atoms with Crippen molar-refractivity contribution in [1.29, 1.82) is 0 Å². The SMILES string of the molecule is CN1C(=O)c2ccc(NC(=O)COC(=O)c3ccccc3Oc3cccnc3)cc2C1=O. The molecule has 32 heavy (non-hydrogen) atoms. The second-order valence-electron chi connectivity index (χ2n) is 6.84. The molecule has 1 aliphatic rings. The first-order chi connectivity index (χ1) is 15.4. The van der Waals surface area contributed by atoms with Crippen LogP contribution in [-0.4, -0.2) is 47.2 Å². The number of anilines is 1. The van der Waals surface area contributed by atoms with Crippen LogP contribution >= 0.6 is 0 Å². The van der Waals surface area contributed by atoms with Crippen molar-refractivity contribution in [2.45, 2.75) is 0 Å². The molecule has 9 nitrogen and oxygen atoms in total. The molecule has 0 bridgehead atoms. The number of pyridine rings is 1. The van der Waals surface area contributed by atoms with Crippen molar-refractivity contribution >= 4 is 29.4 Å². The molecular formula is C23H17N3O6. The molecule has 9 heteroatoms. The first-order valence-corrected chi connectivity index (χ1v) is 9.54. The zero-order valence-corrected chi connectivity index (χ0v) is 16.9. The Morgan fingerprint density at radius 3 is 2.56 bits per heavy atom. The van der Waals surface area contributed by atoms with Crippen LogP contribution in [0.25, 0.3) is 0 Å². The third-order valence-corrected chi connectivity index (χ3v) is 4.68. The second kappa shape index (κ2) is 8.68. The Hall–Kier alpha value is -4.53. The van der Waals surface area contributed by atoms with E-state index in [0.717, 1.165) is 4.90 Å². The number of ether oxygens (including phenoxy) is 2. The van der Waals surface area contributed by atoms with Crippen molar-refractivity contribution in [2.75, 3.05) is 19.0 Å². The number of fused-ring (bicyclic) bond motifs is 1. The Kier molecular flexibility index (Phi) is 5.63. The van der Waals surface area contributed by atoms with E-state index in [1.807, 2.05) is 0 Å². The van der Waals surface area contributed by atoms with Gasteiger partial charge in [-0.1, -0.05) is 12.1 Å². The number of benzene rings is 2. The summed E-state index contributed by atoms with van der Waals surface area (Å²) in [5, 5.41) is 2.55. The van der Waals surface area contributed by atoms with Crippen molar-refractivity contribution < 1.29 is 28.7 Å². The Bertz CT molecular complexity index is 1230. The average molecular weight is 431 g/mol. The molecule has 1 aliphatic heterocycles. The van der Waals surface area contributed by atoms with Gasteiger partial charge >= 0.3 is 5.97 Å². The quantitative estimate of drug-likeness (QED) is 0.471. The van der Waals surface area contributed by atoms with Crippen molar-refractivity contribution in [3.8, 4) is 11.5 Å². The van der Waals surface area contributed by atoms with Gasteiger partial charge in [0.1, 0.15) is 17.1 Å². The van der Waals surface area contributed by atoms with E-state index >= 15 is 0 Å². The second-order valence-corrected chi connectivity index (χ2v) is 6.84. The lowest BCUT2D eigenvalue weighted by Crippen LogP contribution is -2.24. The molecule has 0 atom stereocenters. The van der Waals surface area contributed by atoms with E-state index in [9.17, 15) is 19.2 Å². The molecule has 0 saturated carbocycles. The van der Waals surface area contributed by atoms with E-state index in [0.29, 0.717) is 11.4 Å². The van der Waals surface area contributed by atoms with E-state index in [1.165, 1.54) is 37.5 Å². The topological polar surface area (TPSA) is 115 Å². The molecule has 2 heterocycles. The zero-order valence-electron chi connectivity index (χ0n) is 16.9. The largest absolute Gasteiger partial charge is 0.455 e. The highest BCUT2D eigenvalue weighted by Gasteiger charge is 2.32. The number of amides is 3. The Labute approximate surface area is 182 Å². The summed E-state index contributed by atoms with van der Waals surface area (Å²) >= 11 is 0. The van der Waals surface area contributed by atoms with Crippen LogP contribution in [0.1, 0.15) is 31.1 Å². The van der Waals surface area contributed by atoms with Crippen LogP contribution in [0.3, 0.4) is 0 Å². The molecular weight excluding hydrogens is 414 g/mol. The maximum Gasteiger partial charge on any atom is 0.342 e. The number of esters is 1. The van der Waals surface area contributed by atoms with Gasteiger partial charge in [0.2, 0.25) is 0 Å². The van der Waals surface area contributed by atoms with Gasteiger partial charge in [0.25, 0.3) is 17.7 Å². The number of para-hydroxylation sites is 1. The van der Waals surface area contributed by atoms with Crippen LogP contribution in [0.15, 0.2) is 67.0 Å². The third kappa shape index (κ3) is 4.17. The molecule has 0 radical (unpaired) electrons. The molecule has 1 N–H and O–H groups in total. The fourth-order valence-corrected chi connectivity index (χ4v) is 3.10. The van der Waals surface area contributed by atoms with Gasteiger partial charge in [-0.25, -0.2) is 4.79 Å². The number of nitrogens with zero attached hydrogens (tertiary/aromatic N) is 2. The number of hydrogen-bond donors (Lipinski definition) is 1. The van der Waals surface area contributed by atoms with Crippen molar-refractivity contribution in [3.05, 3.63) is 83.7 Å². The molecule has 0 saturated heterocycles. The van der Waals surface area contributed by atoms with Gasteiger partial charge in [0, 0.05) is 18.9 Å². The van der Waals surface area contributed by atoms with Gasteiger partial charge in [-0.2, -0.15) is 0 Å². The van der Waals surface area contributed by atoms with Gasteiger partial charge in [-0.15, -0.1) is 0 Å². The zero-order chi connectivity index (χ0) is 22.7. The molecule has 2 aromatic carbocycles. The molecule has 0 aliphatic carbocycles. The number of imide groups is 1. The molecule has 0 fully saturated rings. The van der Waals surface area contributed by atoms with Gasteiger partial charge in [0.15, 0.2) is 6.61 Å². The Morgan fingerprint density at radius 2 is 1.78 bits per heavy atom. The third-order valence-electron chi connectivity index (χ3n) is 4.68. The molecule has 1 aromatic heterocycles. The number of carbonyl (C=O) groups excluding carboxylic acids is 4. The highest BCUT2D eigenvalue weighted by molar-refractivity contribution is 6.21. The van der Waals surface area contributed by atoms with Gasteiger partial charge in [-0.05, 0) is 42.5 Å². The van der Waals surface area contributed by atoms with Crippen molar-refractivity contribution in [1.82, 2.24) is 9.88 Å². The van der Waals surface area contributed by atoms with Gasteiger partial charge < -0.3 is 14.8 Å². The van der Waals surface area contributed by atoms with E-state index in [4.69, 9.17) is 9.47 Å². The normalized spacial score (nSPS) is 12.3. The van der Waals surface area contributed by atoms with Crippen molar-refractivity contribution in [3.63, 3.8) is 0 Å². The summed E-state index contributed by atoms with van der Waals surface area (Å²) in [5.41, 5.74) is 0.927. The monoisotopic (exact) mass is 431 g/mol. The lowest BCUT2D eigenvalue weighted by atomic mass is 10.1. The standard InChI is InChI=1S/C23H17N3O6/c1-26-21(28)16-9-8-14(11-18(16)22(26)29)25-20(27)13-31-23(30)17-6-2-3-7-19(17)32-15-5-4-10-24-12-15/h2-12H,13H2,1H3,(H,25,27). The highest BCUT2D eigenvalue weighted by atomic mass is 16.5. The van der Waals surface area contributed by atoms with Crippen LogP contribution in [0, 0.1) is 0 Å². The fraction of sp³-hybridized carbons (Fsp3) is 0.0870. The van der Waals surface area contributed by atoms with E-state index in [-0.39, 0.29) is 22.4 Å². The molecule has 4 rings (SSSR count). The number of nitrogens with one attached hydrogen (secondary N) is 1. The summed E-state index contributed by atoms with van der Waals surface area (Å²) in [7, 11) is 1.39. The lowest BCUT2D eigenvalue weighted by molar-refractivity contribution is -0.119. The van der Waals surface area contributed by atoms with Gasteiger partial charge in [0.05, 0.1) is 17.3 Å². The molecule has 0 spiro atoms. The minimum atomic E-state index is -0.740. The summed E-state index contributed by atoms with van der Waals surface area (Å²) in [6.45, 7) is -0.552. The minimum Gasteiger partial charge on any atom is -0.455 e. The first kappa shape index (κ1) is 20.7. The molecule has 3 amide bonds. The van der Waals surface area contributed by atoms with Crippen LogP contribution in [0.4, 0.5) is 5.69 Å². The summed E-state index contributed by atoms with van der Waals surface area (Å²) in [6, 6.07) is 14.2. The number of carbonyl (C=O) groups is 4. The van der Waals surface area contributed by atoms with Crippen molar-refractivity contribution in [2.24, 2.45) is 0 Å². The number of aromatic nitrogens is 1. The molecule has 160 valence electrons. The van der Waals surface area contributed by atoms with Crippen LogP contribution in [0.2, 0.25) is 0 Å². The van der Waals surface area contributed by atoms with Gasteiger partial charge in [-0.3, -0.25) is 24.3 Å². The average Bonchev–Trinajstić information content (AvgIpc) is 3.02. The van der Waals surface area contributed by atoms with Crippen LogP contribution < -0.4 is 10.1 Å². The summed E-state index contributed by atoms with van der Waals surface area (Å²) in [5.74, 6) is -1.48. The fourth-order valence-electron chi connectivity index (χ4n) is 3.10. The lowest BCUT2D eigenvalue weighted by Gasteiger charge is -2.11. The first-order valence-electron chi connectivity index (χ1n) is 9.54. The van der Waals surface area contributed by atoms with Crippen LogP contribution in [-0.2, 0) is 9.53 Å². The summed E-state index contributed by atoms with van der Waals surface area (Å²) in [4.78, 5) is 53.7. The highest BCUT2D eigenvalue weighted by Crippen LogP contribution is 2.26. The smallest absolute Gasteiger partial charge is 0.342 e. The maximum atomic E-state index is 12.5. The minimum absolute atomic E-state index is 0.147.